The van der Waals surface area contributed by atoms with Crippen LogP contribution >= 0.6 is 0 Å². The second kappa shape index (κ2) is 4.54. The molecule has 0 unspecified atom stereocenters. The monoisotopic (exact) mass is 259 g/mol. The van der Waals surface area contributed by atoms with Crippen molar-refractivity contribution in [2.24, 2.45) is 0 Å². The molecule has 4 nitrogen and oxygen atoms in total. The molecular formula is C14H14FN3O. The summed E-state index contributed by atoms with van der Waals surface area (Å²) in [5.74, 6) is -0.633. The predicted octanol–water partition coefficient (Wildman–Crippen LogP) is 2.85. The average Bonchev–Trinajstić information content (AvgIpc) is 2.77. The number of halogens is 1. The summed E-state index contributed by atoms with van der Waals surface area (Å²) in [6.07, 6.45) is 5.30. The van der Waals surface area contributed by atoms with Crippen LogP contribution in [0.5, 0.6) is 0 Å². The number of hydrogen-bond donors (Lipinski definition) is 1. The first-order valence-corrected chi connectivity index (χ1v) is 6.55. The lowest BCUT2D eigenvalue weighted by molar-refractivity contribution is 0.353. The Labute approximate surface area is 109 Å². The summed E-state index contributed by atoms with van der Waals surface area (Å²) in [5, 5.41) is 8.81. The van der Waals surface area contributed by atoms with Gasteiger partial charge in [-0.3, -0.25) is 4.57 Å². The average molecular weight is 259 g/mol. The number of benzene rings is 1. The van der Waals surface area contributed by atoms with Crippen LogP contribution in [0.4, 0.5) is 4.39 Å². The van der Waals surface area contributed by atoms with Gasteiger partial charge in [0.05, 0.1) is 11.1 Å². The molecule has 1 aromatic heterocycles. The molecule has 0 amide bonds. The zero-order chi connectivity index (χ0) is 13.4. The Morgan fingerprint density at radius 3 is 2.74 bits per heavy atom. The molecule has 0 saturated heterocycles. The third-order valence-corrected chi connectivity index (χ3v) is 3.89. The van der Waals surface area contributed by atoms with Crippen molar-refractivity contribution in [2.75, 3.05) is 0 Å². The fourth-order valence-corrected chi connectivity index (χ4v) is 2.95. The minimum absolute atomic E-state index is 0.0375. The van der Waals surface area contributed by atoms with Crippen molar-refractivity contribution in [1.82, 2.24) is 9.55 Å². The maximum atomic E-state index is 14.0. The SMILES string of the molecule is N#Cc1ccc2c([nH]c(=O)n2C2CCCCC2)c1F. The Kier molecular flexibility index (Phi) is 2.86. The molecule has 0 bridgehead atoms. The van der Waals surface area contributed by atoms with Gasteiger partial charge in [-0.25, -0.2) is 9.18 Å². The molecule has 1 aliphatic rings. The lowest BCUT2D eigenvalue weighted by atomic mass is 9.95. The fourth-order valence-electron chi connectivity index (χ4n) is 2.95. The summed E-state index contributed by atoms with van der Waals surface area (Å²) in [5.41, 5.74) is 0.392. The molecule has 0 atom stereocenters. The van der Waals surface area contributed by atoms with Crippen molar-refractivity contribution < 1.29 is 4.39 Å². The Balaban J connectivity index is 2.20. The second-order valence-corrected chi connectivity index (χ2v) is 5.03. The van der Waals surface area contributed by atoms with Crippen molar-refractivity contribution >= 4 is 11.0 Å². The number of fused-ring (bicyclic) bond motifs is 1. The molecule has 1 aliphatic carbocycles. The first-order chi connectivity index (χ1) is 9.22. The molecule has 1 N–H and O–H groups in total. The van der Waals surface area contributed by atoms with Crippen molar-refractivity contribution in [3.05, 3.63) is 34.0 Å². The minimum Gasteiger partial charge on any atom is -0.303 e. The van der Waals surface area contributed by atoms with Gasteiger partial charge < -0.3 is 4.98 Å². The van der Waals surface area contributed by atoms with E-state index in [1.165, 1.54) is 12.5 Å². The first kappa shape index (κ1) is 12.0. The molecule has 5 heteroatoms. The molecule has 1 saturated carbocycles. The van der Waals surface area contributed by atoms with E-state index in [0.717, 1.165) is 25.7 Å². The summed E-state index contributed by atoms with van der Waals surface area (Å²) >= 11 is 0. The Morgan fingerprint density at radius 1 is 1.32 bits per heavy atom. The van der Waals surface area contributed by atoms with Gasteiger partial charge in [0, 0.05) is 6.04 Å². The quantitative estimate of drug-likeness (QED) is 0.856. The standard InChI is InChI=1S/C14H14FN3O/c15-12-9(8-16)6-7-11-13(12)17-14(19)18(11)10-4-2-1-3-5-10/h6-7,10H,1-5H2,(H,17,19). The molecule has 0 spiro atoms. The van der Waals surface area contributed by atoms with Crippen LogP contribution in [0.1, 0.15) is 43.7 Å². The van der Waals surface area contributed by atoms with E-state index in [2.05, 4.69) is 4.98 Å². The van der Waals surface area contributed by atoms with Gasteiger partial charge in [0.1, 0.15) is 11.6 Å². The van der Waals surface area contributed by atoms with E-state index in [1.807, 2.05) is 0 Å². The lowest BCUT2D eigenvalue weighted by Crippen LogP contribution is -2.23. The van der Waals surface area contributed by atoms with Gasteiger partial charge in [0.25, 0.3) is 0 Å². The number of hydrogen-bond acceptors (Lipinski definition) is 2. The molecule has 0 radical (unpaired) electrons. The van der Waals surface area contributed by atoms with Crippen LogP contribution in [0.15, 0.2) is 16.9 Å². The van der Waals surface area contributed by atoms with Crippen molar-refractivity contribution in [2.45, 2.75) is 38.1 Å². The van der Waals surface area contributed by atoms with Gasteiger partial charge in [-0.05, 0) is 25.0 Å². The van der Waals surface area contributed by atoms with Gasteiger partial charge in [0.2, 0.25) is 0 Å². The largest absolute Gasteiger partial charge is 0.326 e. The Morgan fingerprint density at radius 2 is 2.05 bits per heavy atom. The number of nitriles is 1. The number of nitrogens with zero attached hydrogens (tertiary/aromatic N) is 2. The highest BCUT2D eigenvalue weighted by Gasteiger charge is 2.21. The van der Waals surface area contributed by atoms with Gasteiger partial charge >= 0.3 is 5.69 Å². The molecule has 2 aromatic rings. The van der Waals surface area contributed by atoms with Crippen LogP contribution in [0.3, 0.4) is 0 Å². The molecule has 0 aliphatic heterocycles. The van der Waals surface area contributed by atoms with Crippen molar-refractivity contribution in [1.29, 1.82) is 5.26 Å². The number of aromatic nitrogens is 2. The van der Waals surface area contributed by atoms with E-state index in [-0.39, 0.29) is 22.8 Å². The third kappa shape index (κ3) is 1.84. The van der Waals surface area contributed by atoms with Crippen molar-refractivity contribution in [3.8, 4) is 6.07 Å². The van der Waals surface area contributed by atoms with Gasteiger partial charge in [-0.1, -0.05) is 19.3 Å². The van der Waals surface area contributed by atoms with Crippen LogP contribution in [0.2, 0.25) is 0 Å². The predicted molar refractivity (Wildman–Crippen MR) is 69.4 cm³/mol. The molecule has 19 heavy (non-hydrogen) atoms. The Bertz CT molecular complexity index is 717. The fraction of sp³-hybridized carbons (Fsp3) is 0.429. The number of aromatic amines is 1. The molecule has 3 rings (SSSR count). The number of rotatable bonds is 1. The molecule has 1 fully saturated rings. The maximum absolute atomic E-state index is 14.0. The van der Waals surface area contributed by atoms with Crippen LogP contribution in [0, 0.1) is 17.1 Å². The minimum atomic E-state index is -0.633. The number of nitrogens with one attached hydrogen (secondary N) is 1. The normalized spacial score (nSPS) is 16.6. The Hall–Kier alpha value is -2.09. The zero-order valence-corrected chi connectivity index (χ0v) is 10.4. The maximum Gasteiger partial charge on any atom is 0.326 e. The van der Waals surface area contributed by atoms with Gasteiger partial charge in [0.15, 0.2) is 5.82 Å². The van der Waals surface area contributed by atoms with Crippen LogP contribution in [0.25, 0.3) is 11.0 Å². The highest BCUT2D eigenvalue weighted by molar-refractivity contribution is 5.78. The molecule has 1 aromatic carbocycles. The summed E-state index contributed by atoms with van der Waals surface area (Å²) in [4.78, 5) is 14.6. The summed E-state index contributed by atoms with van der Waals surface area (Å²) in [7, 11) is 0. The van der Waals surface area contributed by atoms with Crippen LogP contribution in [-0.4, -0.2) is 9.55 Å². The van der Waals surface area contributed by atoms with Crippen LogP contribution < -0.4 is 5.69 Å². The van der Waals surface area contributed by atoms with E-state index in [9.17, 15) is 9.18 Å². The summed E-state index contributed by atoms with van der Waals surface area (Å²) < 4.78 is 15.7. The number of H-pyrrole nitrogens is 1. The van der Waals surface area contributed by atoms with Crippen molar-refractivity contribution in [3.63, 3.8) is 0 Å². The van der Waals surface area contributed by atoms with E-state index < -0.39 is 5.82 Å². The lowest BCUT2D eigenvalue weighted by Gasteiger charge is -2.22. The van der Waals surface area contributed by atoms with E-state index in [4.69, 9.17) is 5.26 Å². The summed E-state index contributed by atoms with van der Waals surface area (Å²) in [6, 6.07) is 5.02. The number of imidazole rings is 1. The van der Waals surface area contributed by atoms with E-state index >= 15 is 0 Å². The molecule has 98 valence electrons. The van der Waals surface area contributed by atoms with Gasteiger partial charge in [-0.15, -0.1) is 0 Å². The van der Waals surface area contributed by atoms with E-state index in [0.29, 0.717) is 5.52 Å². The highest BCUT2D eigenvalue weighted by atomic mass is 19.1. The molecule has 1 heterocycles. The molecular weight excluding hydrogens is 245 g/mol. The summed E-state index contributed by atoms with van der Waals surface area (Å²) in [6.45, 7) is 0. The van der Waals surface area contributed by atoms with Gasteiger partial charge in [-0.2, -0.15) is 5.26 Å². The topological polar surface area (TPSA) is 61.6 Å². The van der Waals surface area contributed by atoms with E-state index in [1.54, 1.807) is 16.7 Å². The first-order valence-electron chi connectivity index (χ1n) is 6.55. The third-order valence-electron chi connectivity index (χ3n) is 3.89. The van der Waals surface area contributed by atoms with Crippen LogP contribution in [-0.2, 0) is 0 Å². The smallest absolute Gasteiger partial charge is 0.303 e. The highest BCUT2D eigenvalue weighted by Crippen LogP contribution is 2.30. The second-order valence-electron chi connectivity index (χ2n) is 5.03. The zero-order valence-electron chi connectivity index (χ0n) is 10.4.